The highest BCUT2D eigenvalue weighted by atomic mass is 16.5. The molecule has 0 saturated carbocycles. The Hall–Kier alpha value is -2.01. The lowest BCUT2D eigenvalue weighted by Gasteiger charge is -2.35. The molecule has 20 heavy (non-hydrogen) atoms. The third-order valence-electron chi connectivity index (χ3n) is 3.37. The van der Waals surface area contributed by atoms with Crippen molar-refractivity contribution in [3.05, 3.63) is 36.2 Å². The predicted molar refractivity (Wildman–Crippen MR) is 75.5 cm³/mol. The van der Waals surface area contributed by atoms with E-state index in [0.717, 1.165) is 11.0 Å². The Morgan fingerprint density at radius 3 is 2.55 bits per heavy atom. The Bertz CT molecular complexity index is 634. The fourth-order valence-corrected chi connectivity index (χ4v) is 2.57. The lowest BCUT2D eigenvalue weighted by molar-refractivity contribution is -0.0587. The van der Waals surface area contributed by atoms with E-state index in [9.17, 15) is 4.79 Å². The van der Waals surface area contributed by atoms with Crippen molar-refractivity contribution in [2.45, 2.75) is 26.1 Å². The molecule has 2 unspecified atom stereocenters. The maximum absolute atomic E-state index is 12.5. The number of nitrogens with zero attached hydrogens (tertiary/aromatic N) is 3. The first-order valence-electron chi connectivity index (χ1n) is 6.80. The smallest absolute Gasteiger partial charge is 0.274 e. The highest BCUT2D eigenvalue weighted by Crippen LogP contribution is 2.15. The van der Waals surface area contributed by atoms with Crippen LogP contribution in [0.15, 0.2) is 30.5 Å². The van der Waals surface area contributed by atoms with Crippen molar-refractivity contribution in [2.24, 2.45) is 0 Å². The third-order valence-corrected chi connectivity index (χ3v) is 3.37. The lowest BCUT2D eigenvalue weighted by atomic mass is 10.2. The SMILES string of the molecule is CC1CN(C(=O)c2cnc3ccccc3n2)CC(C)O1. The van der Waals surface area contributed by atoms with E-state index in [1.165, 1.54) is 0 Å². The van der Waals surface area contributed by atoms with Crippen LogP contribution in [0, 0.1) is 0 Å². The zero-order chi connectivity index (χ0) is 14.1. The minimum Gasteiger partial charge on any atom is -0.372 e. The second-order valence-electron chi connectivity index (χ2n) is 5.21. The number of ether oxygens (including phenoxy) is 1. The van der Waals surface area contributed by atoms with Crippen molar-refractivity contribution in [2.75, 3.05) is 13.1 Å². The molecule has 2 heterocycles. The number of para-hydroxylation sites is 2. The largest absolute Gasteiger partial charge is 0.372 e. The summed E-state index contributed by atoms with van der Waals surface area (Å²) in [6.07, 6.45) is 1.65. The average Bonchev–Trinajstić information content (AvgIpc) is 2.45. The van der Waals surface area contributed by atoms with Crippen molar-refractivity contribution >= 4 is 16.9 Å². The van der Waals surface area contributed by atoms with Crippen LogP contribution in [0.1, 0.15) is 24.3 Å². The van der Waals surface area contributed by atoms with Gasteiger partial charge in [-0.15, -0.1) is 0 Å². The van der Waals surface area contributed by atoms with E-state index in [2.05, 4.69) is 9.97 Å². The molecule has 2 atom stereocenters. The van der Waals surface area contributed by atoms with Crippen LogP contribution in [0.4, 0.5) is 0 Å². The Morgan fingerprint density at radius 1 is 1.20 bits per heavy atom. The third kappa shape index (κ3) is 2.49. The van der Waals surface area contributed by atoms with Crippen LogP contribution in [0.25, 0.3) is 11.0 Å². The van der Waals surface area contributed by atoms with Crippen LogP contribution in [0.5, 0.6) is 0 Å². The van der Waals surface area contributed by atoms with Gasteiger partial charge in [-0.25, -0.2) is 4.98 Å². The van der Waals surface area contributed by atoms with Crippen molar-refractivity contribution in [1.82, 2.24) is 14.9 Å². The van der Waals surface area contributed by atoms with Gasteiger partial charge in [0.1, 0.15) is 5.69 Å². The van der Waals surface area contributed by atoms with Crippen LogP contribution in [0.3, 0.4) is 0 Å². The number of hydrogen-bond donors (Lipinski definition) is 0. The zero-order valence-corrected chi connectivity index (χ0v) is 11.6. The Balaban J connectivity index is 1.88. The molecule has 1 fully saturated rings. The van der Waals surface area contributed by atoms with E-state index in [0.29, 0.717) is 18.8 Å². The highest BCUT2D eigenvalue weighted by Gasteiger charge is 2.27. The molecule has 0 aliphatic carbocycles. The van der Waals surface area contributed by atoms with Gasteiger partial charge in [-0.2, -0.15) is 0 Å². The van der Waals surface area contributed by atoms with Gasteiger partial charge in [0, 0.05) is 13.1 Å². The van der Waals surface area contributed by atoms with Gasteiger partial charge >= 0.3 is 0 Å². The second-order valence-corrected chi connectivity index (χ2v) is 5.21. The van der Waals surface area contributed by atoms with Crippen LogP contribution < -0.4 is 0 Å². The number of aromatic nitrogens is 2. The minimum absolute atomic E-state index is 0.0520. The second kappa shape index (κ2) is 5.17. The molecule has 0 spiro atoms. The van der Waals surface area contributed by atoms with Gasteiger partial charge in [0.05, 0.1) is 29.4 Å². The molecule has 1 saturated heterocycles. The Morgan fingerprint density at radius 2 is 1.85 bits per heavy atom. The van der Waals surface area contributed by atoms with Crippen molar-refractivity contribution in [3.8, 4) is 0 Å². The molecule has 1 aromatic carbocycles. The topological polar surface area (TPSA) is 55.3 Å². The zero-order valence-electron chi connectivity index (χ0n) is 11.6. The first kappa shape index (κ1) is 13.0. The van der Waals surface area contributed by atoms with Gasteiger partial charge in [-0.3, -0.25) is 9.78 Å². The molecule has 1 aliphatic rings. The van der Waals surface area contributed by atoms with Crippen molar-refractivity contribution in [1.29, 1.82) is 0 Å². The molecule has 0 bridgehead atoms. The van der Waals surface area contributed by atoms with E-state index in [4.69, 9.17) is 4.74 Å². The number of benzene rings is 1. The predicted octanol–water partition coefficient (Wildman–Crippen LogP) is 1.88. The van der Waals surface area contributed by atoms with Crippen LogP contribution in [-0.4, -0.2) is 46.1 Å². The van der Waals surface area contributed by atoms with Gasteiger partial charge in [0.15, 0.2) is 0 Å². The molecular weight excluding hydrogens is 254 g/mol. The summed E-state index contributed by atoms with van der Waals surface area (Å²) in [6.45, 7) is 5.14. The minimum atomic E-state index is -0.0785. The van der Waals surface area contributed by atoms with E-state index < -0.39 is 0 Å². The van der Waals surface area contributed by atoms with Crippen LogP contribution in [-0.2, 0) is 4.74 Å². The summed E-state index contributed by atoms with van der Waals surface area (Å²) in [5, 5.41) is 0. The molecule has 1 amide bonds. The molecule has 5 nitrogen and oxygen atoms in total. The van der Waals surface area contributed by atoms with Crippen LogP contribution in [0.2, 0.25) is 0 Å². The number of rotatable bonds is 1. The van der Waals surface area contributed by atoms with Gasteiger partial charge < -0.3 is 9.64 Å². The number of carbonyl (C=O) groups is 1. The summed E-state index contributed by atoms with van der Waals surface area (Å²) >= 11 is 0. The van der Waals surface area contributed by atoms with Crippen molar-refractivity contribution in [3.63, 3.8) is 0 Å². The summed E-state index contributed by atoms with van der Waals surface area (Å²) in [5.74, 6) is -0.0785. The van der Waals surface area contributed by atoms with E-state index in [1.54, 1.807) is 11.1 Å². The monoisotopic (exact) mass is 271 g/mol. The molecule has 1 aromatic heterocycles. The molecule has 0 radical (unpaired) electrons. The first-order valence-corrected chi connectivity index (χ1v) is 6.80. The standard InChI is InChI=1S/C15H17N3O2/c1-10-8-18(9-11(2)20-10)15(19)14-7-16-12-5-3-4-6-13(12)17-14/h3-7,10-11H,8-9H2,1-2H3. The maximum atomic E-state index is 12.5. The molecule has 1 aliphatic heterocycles. The fourth-order valence-electron chi connectivity index (χ4n) is 2.57. The molecule has 2 aromatic rings. The molecule has 5 heteroatoms. The quantitative estimate of drug-likeness (QED) is 0.794. The van der Waals surface area contributed by atoms with Gasteiger partial charge in [-0.1, -0.05) is 12.1 Å². The summed E-state index contributed by atoms with van der Waals surface area (Å²) in [5.41, 5.74) is 1.94. The highest BCUT2D eigenvalue weighted by molar-refractivity contribution is 5.93. The number of amides is 1. The first-order chi connectivity index (χ1) is 9.63. The molecule has 104 valence electrons. The average molecular weight is 271 g/mol. The number of morpholine rings is 1. The Labute approximate surface area is 117 Å². The summed E-state index contributed by atoms with van der Waals surface area (Å²) in [6, 6.07) is 7.55. The molecular formula is C15H17N3O2. The Kier molecular flexibility index (Phi) is 3.36. The fraction of sp³-hybridized carbons (Fsp3) is 0.400. The van der Waals surface area contributed by atoms with E-state index in [1.807, 2.05) is 38.1 Å². The number of fused-ring (bicyclic) bond motifs is 1. The van der Waals surface area contributed by atoms with Gasteiger partial charge in [-0.05, 0) is 26.0 Å². The summed E-state index contributed by atoms with van der Waals surface area (Å²) in [7, 11) is 0. The number of carbonyl (C=O) groups excluding carboxylic acids is 1. The molecule has 3 rings (SSSR count). The number of hydrogen-bond acceptors (Lipinski definition) is 4. The summed E-state index contributed by atoms with van der Waals surface area (Å²) < 4.78 is 5.64. The van der Waals surface area contributed by atoms with Crippen LogP contribution >= 0.6 is 0 Å². The van der Waals surface area contributed by atoms with Gasteiger partial charge in [0.2, 0.25) is 0 Å². The summed E-state index contributed by atoms with van der Waals surface area (Å²) in [4.78, 5) is 23.0. The van der Waals surface area contributed by atoms with E-state index >= 15 is 0 Å². The normalized spacial score (nSPS) is 23.0. The van der Waals surface area contributed by atoms with Gasteiger partial charge in [0.25, 0.3) is 5.91 Å². The lowest BCUT2D eigenvalue weighted by Crippen LogP contribution is -2.48. The van der Waals surface area contributed by atoms with Crippen molar-refractivity contribution < 1.29 is 9.53 Å². The molecule has 0 N–H and O–H groups in total. The maximum Gasteiger partial charge on any atom is 0.274 e. The van der Waals surface area contributed by atoms with E-state index in [-0.39, 0.29) is 18.1 Å².